The topological polar surface area (TPSA) is 46.3 Å². The molecule has 2 N–H and O–H groups in total. The van der Waals surface area contributed by atoms with Gasteiger partial charge in [0.25, 0.3) is 5.91 Å². The fourth-order valence-electron chi connectivity index (χ4n) is 2.01. The van der Waals surface area contributed by atoms with Crippen LogP contribution in [0.5, 0.6) is 0 Å². The molecule has 1 saturated heterocycles. The summed E-state index contributed by atoms with van der Waals surface area (Å²) in [7, 11) is 0. The van der Waals surface area contributed by atoms with Crippen LogP contribution in [0.15, 0.2) is 24.3 Å². The van der Waals surface area contributed by atoms with Gasteiger partial charge in [-0.25, -0.2) is 4.39 Å². The van der Waals surface area contributed by atoms with Gasteiger partial charge in [0, 0.05) is 24.2 Å². The number of benzene rings is 1. The first-order valence-corrected chi connectivity index (χ1v) is 5.41. The van der Waals surface area contributed by atoms with Gasteiger partial charge in [-0.1, -0.05) is 0 Å². The molecule has 0 aliphatic carbocycles. The molecule has 1 aliphatic rings. The van der Waals surface area contributed by atoms with Crippen molar-refractivity contribution in [2.24, 2.45) is 5.73 Å². The van der Waals surface area contributed by atoms with E-state index in [9.17, 15) is 9.18 Å². The van der Waals surface area contributed by atoms with Crippen LogP contribution in [0, 0.1) is 5.82 Å². The molecule has 1 aliphatic heterocycles. The fourth-order valence-corrected chi connectivity index (χ4v) is 2.01. The molecule has 0 saturated carbocycles. The quantitative estimate of drug-likeness (QED) is 0.780. The predicted octanol–water partition coefficient (Wildman–Crippen LogP) is 1.39. The van der Waals surface area contributed by atoms with Crippen LogP contribution in [0.4, 0.5) is 4.39 Å². The number of carbonyl (C=O) groups is 1. The van der Waals surface area contributed by atoms with Crippen LogP contribution in [-0.4, -0.2) is 29.4 Å². The van der Waals surface area contributed by atoms with Crippen molar-refractivity contribution in [2.45, 2.75) is 25.4 Å². The standard InChI is InChI=1S/C12H15FN2O/c1-8-11(14)6-7-15(8)12(16)9-2-4-10(13)5-3-9/h2-5,8,11H,6-7,14H2,1H3. The molecule has 86 valence electrons. The molecule has 4 heteroatoms. The molecule has 16 heavy (non-hydrogen) atoms. The number of hydrogen-bond donors (Lipinski definition) is 1. The third kappa shape index (κ3) is 1.93. The SMILES string of the molecule is CC1C(N)CCN1C(=O)c1ccc(F)cc1. The Bertz CT molecular complexity index is 391. The summed E-state index contributed by atoms with van der Waals surface area (Å²) in [5.41, 5.74) is 6.37. The zero-order chi connectivity index (χ0) is 11.7. The number of likely N-dealkylation sites (tertiary alicyclic amines) is 1. The summed E-state index contributed by atoms with van der Waals surface area (Å²) in [6, 6.07) is 5.71. The second-order valence-corrected chi connectivity index (χ2v) is 4.20. The van der Waals surface area contributed by atoms with Gasteiger partial charge >= 0.3 is 0 Å². The number of rotatable bonds is 1. The third-order valence-corrected chi connectivity index (χ3v) is 3.17. The Morgan fingerprint density at radius 3 is 2.56 bits per heavy atom. The molecule has 1 heterocycles. The van der Waals surface area contributed by atoms with Gasteiger partial charge in [-0.15, -0.1) is 0 Å². The van der Waals surface area contributed by atoms with Crippen molar-refractivity contribution < 1.29 is 9.18 Å². The number of nitrogens with zero attached hydrogens (tertiary/aromatic N) is 1. The summed E-state index contributed by atoms with van der Waals surface area (Å²) in [6.45, 7) is 2.62. The molecule has 0 spiro atoms. The highest BCUT2D eigenvalue weighted by molar-refractivity contribution is 5.94. The lowest BCUT2D eigenvalue weighted by atomic mass is 10.1. The molecule has 3 nitrogen and oxygen atoms in total. The molecule has 1 aromatic rings. The summed E-state index contributed by atoms with van der Waals surface area (Å²) in [6.07, 6.45) is 0.827. The van der Waals surface area contributed by atoms with E-state index in [4.69, 9.17) is 5.73 Å². The van der Waals surface area contributed by atoms with Crippen molar-refractivity contribution in [1.82, 2.24) is 4.90 Å². The number of halogens is 1. The number of hydrogen-bond acceptors (Lipinski definition) is 2. The van der Waals surface area contributed by atoms with Crippen LogP contribution < -0.4 is 5.73 Å². The molecule has 0 radical (unpaired) electrons. The number of amides is 1. The lowest BCUT2D eigenvalue weighted by molar-refractivity contribution is 0.0742. The minimum Gasteiger partial charge on any atom is -0.334 e. The van der Waals surface area contributed by atoms with E-state index in [0.717, 1.165) is 6.42 Å². The van der Waals surface area contributed by atoms with Crippen LogP contribution in [0.25, 0.3) is 0 Å². The van der Waals surface area contributed by atoms with Crippen LogP contribution >= 0.6 is 0 Å². The molecule has 1 aromatic carbocycles. The Balaban J connectivity index is 2.16. The highest BCUT2D eigenvalue weighted by Gasteiger charge is 2.31. The Labute approximate surface area is 94.0 Å². The predicted molar refractivity (Wildman–Crippen MR) is 59.5 cm³/mol. The van der Waals surface area contributed by atoms with E-state index in [2.05, 4.69) is 0 Å². The van der Waals surface area contributed by atoms with Crippen molar-refractivity contribution in [3.8, 4) is 0 Å². The first kappa shape index (κ1) is 11.1. The largest absolute Gasteiger partial charge is 0.334 e. The van der Waals surface area contributed by atoms with E-state index in [0.29, 0.717) is 12.1 Å². The molecular weight excluding hydrogens is 207 g/mol. The van der Waals surface area contributed by atoms with E-state index in [-0.39, 0.29) is 23.8 Å². The van der Waals surface area contributed by atoms with Crippen LogP contribution in [0.1, 0.15) is 23.7 Å². The first-order valence-electron chi connectivity index (χ1n) is 5.41. The van der Waals surface area contributed by atoms with Gasteiger partial charge in [0.1, 0.15) is 5.82 Å². The van der Waals surface area contributed by atoms with E-state index in [1.165, 1.54) is 24.3 Å². The Kier molecular flexibility index (Phi) is 2.92. The van der Waals surface area contributed by atoms with Crippen molar-refractivity contribution in [1.29, 1.82) is 0 Å². The zero-order valence-corrected chi connectivity index (χ0v) is 9.19. The summed E-state index contributed by atoms with van der Waals surface area (Å²) < 4.78 is 12.7. The average molecular weight is 222 g/mol. The maximum Gasteiger partial charge on any atom is 0.254 e. The lowest BCUT2D eigenvalue weighted by Crippen LogP contribution is -2.40. The van der Waals surface area contributed by atoms with Gasteiger partial charge in [-0.2, -0.15) is 0 Å². The van der Waals surface area contributed by atoms with Crippen LogP contribution in [-0.2, 0) is 0 Å². The average Bonchev–Trinajstić information content (AvgIpc) is 2.60. The Morgan fingerprint density at radius 2 is 2.06 bits per heavy atom. The molecule has 0 bridgehead atoms. The zero-order valence-electron chi connectivity index (χ0n) is 9.19. The second-order valence-electron chi connectivity index (χ2n) is 4.20. The number of nitrogens with two attached hydrogens (primary N) is 1. The van der Waals surface area contributed by atoms with Gasteiger partial charge < -0.3 is 10.6 Å². The van der Waals surface area contributed by atoms with E-state index in [1.807, 2.05) is 6.92 Å². The summed E-state index contributed by atoms with van der Waals surface area (Å²) >= 11 is 0. The van der Waals surface area contributed by atoms with Crippen molar-refractivity contribution >= 4 is 5.91 Å². The summed E-state index contributed by atoms with van der Waals surface area (Å²) in [4.78, 5) is 13.8. The summed E-state index contributed by atoms with van der Waals surface area (Å²) in [5.74, 6) is -0.400. The molecular formula is C12H15FN2O. The maximum atomic E-state index is 12.7. The molecule has 2 rings (SSSR count). The molecule has 1 amide bonds. The van der Waals surface area contributed by atoms with Gasteiger partial charge in [-0.05, 0) is 37.6 Å². The van der Waals surface area contributed by atoms with Gasteiger partial charge in [0.15, 0.2) is 0 Å². The van der Waals surface area contributed by atoms with Crippen molar-refractivity contribution in [3.05, 3.63) is 35.6 Å². The highest BCUT2D eigenvalue weighted by atomic mass is 19.1. The smallest absolute Gasteiger partial charge is 0.254 e. The van der Waals surface area contributed by atoms with Gasteiger partial charge in [0.2, 0.25) is 0 Å². The van der Waals surface area contributed by atoms with Gasteiger partial charge in [0.05, 0.1) is 0 Å². The normalized spacial score (nSPS) is 24.8. The lowest BCUT2D eigenvalue weighted by Gasteiger charge is -2.23. The maximum absolute atomic E-state index is 12.7. The monoisotopic (exact) mass is 222 g/mol. The Hall–Kier alpha value is -1.42. The molecule has 2 atom stereocenters. The minimum atomic E-state index is -0.331. The number of carbonyl (C=O) groups excluding carboxylic acids is 1. The summed E-state index contributed by atoms with van der Waals surface area (Å²) in [5, 5.41) is 0. The van der Waals surface area contributed by atoms with E-state index in [1.54, 1.807) is 4.90 Å². The van der Waals surface area contributed by atoms with Crippen LogP contribution in [0.3, 0.4) is 0 Å². The van der Waals surface area contributed by atoms with Gasteiger partial charge in [-0.3, -0.25) is 4.79 Å². The fraction of sp³-hybridized carbons (Fsp3) is 0.417. The molecule has 2 unspecified atom stereocenters. The van der Waals surface area contributed by atoms with Crippen LogP contribution in [0.2, 0.25) is 0 Å². The first-order chi connectivity index (χ1) is 7.59. The molecule has 0 aromatic heterocycles. The Morgan fingerprint density at radius 1 is 1.44 bits per heavy atom. The van der Waals surface area contributed by atoms with E-state index >= 15 is 0 Å². The molecule has 1 fully saturated rings. The van der Waals surface area contributed by atoms with E-state index < -0.39 is 0 Å². The van der Waals surface area contributed by atoms with Crippen molar-refractivity contribution in [2.75, 3.05) is 6.54 Å². The second kappa shape index (κ2) is 4.22. The highest BCUT2D eigenvalue weighted by Crippen LogP contribution is 2.19. The third-order valence-electron chi connectivity index (χ3n) is 3.17. The minimum absolute atomic E-state index is 0.0457. The van der Waals surface area contributed by atoms with Crippen molar-refractivity contribution in [3.63, 3.8) is 0 Å².